The molecule has 2 aliphatic heterocycles. The van der Waals surface area contributed by atoms with Crippen LogP contribution in [-0.4, -0.2) is 58.6 Å². The number of aliphatic hydroxyl groups excluding tert-OH is 1. The lowest BCUT2D eigenvalue weighted by molar-refractivity contribution is -0.122. The molecule has 0 bridgehead atoms. The van der Waals surface area contributed by atoms with Crippen molar-refractivity contribution in [2.75, 3.05) is 23.3 Å². The maximum absolute atomic E-state index is 13.5. The molecular weight excluding hydrogens is 494 g/mol. The Morgan fingerprint density at radius 1 is 1.35 bits per heavy atom. The van der Waals surface area contributed by atoms with Crippen molar-refractivity contribution in [3.63, 3.8) is 0 Å². The van der Waals surface area contributed by atoms with Gasteiger partial charge in [-0.2, -0.15) is 0 Å². The van der Waals surface area contributed by atoms with E-state index in [9.17, 15) is 19.5 Å². The molecule has 37 heavy (non-hydrogen) atoms. The minimum Gasteiger partial charge on any atom is -0.491 e. The first-order valence-electron chi connectivity index (χ1n) is 11.8. The molecule has 3 amide bonds. The van der Waals surface area contributed by atoms with Crippen LogP contribution in [0, 0.1) is 6.92 Å². The number of ether oxygens (including phenoxy) is 1. The Balaban J connectivity index is 1.56. The third-order valence-corrected chi connectivity index (χ3v) is 7.60. The Morgan fingerprint density at radius 3 is 2.78 bits per heavy atom. The van der Waals surface area contributed by atoms with E-state index in [1.165, 1.54) is 0 Å². The topological polar surface area (TPSA) is 133 Å². The molecule has 4 heterocycles. The van der Waals surface area contributed by atoms with Gasteiger partial charge in [0.2, 0.25) is 0 Å². The van der Waals surface area contributed by atoms with E-state index in [1.807, 2.05) is 39.0 Å². The van der Waals surface area contributed by atoms with E-state index in [4.69, 9.17) is 4.74 Å². The number of aliphatic hydroxyl groups is 1. The van der Waals surface area contributed by atoms with E-state index < -0.39 is 29.4 Å². The number of thiophene rings is 1. The van der Waals surface area contributed by atoms with E-state index in [-0.39, 0.29) is 24.1 Å². The number of pyridine rings is 1. The maximum Gasteiger partial charge on any atom is 0.331 e. The number of benzene rings is 1. The number of aromatic nitrogens is 1. The van der Waals surface area contributed by atoms with Gasteiger partial charge >= 0.3 is 6.03 Å². The number of carbonyl (C=O) groups is 3. The van der Waals surface area contributed by atoms with Crippen molar-refractivity contribution in [1.82, 2.24) is 15.6 Å². The molecule has 2 aromatic heterocycles. The quantitative estimate of drug-likeness (QED) is 0.351. The van der Waals surface area contributed by atoms with E-state index in [0.29, 0.717) is 33.0 Å². The fourth-order valence-corrected chi connectivity index (χ4v) is 5.80. The molecule has 0 radical (unpaired) electrons. The summed E-state index contributed by atoms with van der Waals surface area (Å²) in [6, 6.07) is 6.80. The number of hydrogen-bond acceptors (Lipinski definition) is 8. The molecule has 0 unspecified atom stereocenters. The van der Waals surface area contributed by atoms with Crippen molar-refractivity contribution in [2.24, 2.45) is 0 Å². The first-order valence-corrected chi connectivity index (χ1v) is 12.7. The number of amides is 3. The molecule has 5 rings (SSSR count). The highest BCUT2D eigenvalue weighted by molar-refractivity contribution is 7.21. The van der Waals surface area contributed by atoms with Crippen LogP contribution in [0.5, 0.6) is 5.75 Å². The highest BCUT2D eigenvalue weighted by Crippen LogP contribution is 2.46. The number of nitrogens with one attached hydrogen (secondary N) is 3. The zero-order chi connectivity index (χ0) is 26.5. The second-order valence-corrected chi connectivity index (χ2v) is 10.3. The molecule has 4 N–H and O–H groups in total. The van der Waals surface area contributed by atoms with Crippen molar-refractivity contribution < 1.29 is 24.2 Å². The number of aryl methyl sites for hydroxylation is 1. The van der Waals surface area contributed by atoms with Crippen LogP contribution >= 0.6 is 11.3 Å². The summed E-state index contributed by atoms with van der Waals surface area (Å²) >= 11 is 1.10. The summed E-state index contributed by atoms with van der Waals surface area (Å²) in [5.41, 5.74) is 0.863. The van der Waals surface area contributed by atoms with Gasteiger partial charge in [-0.15, -0.1) is 11.3 Å². The van der Waals surface area contributed by atoms with E-state index in [1.54, 1.807) is 17.2 Å². The average molecular weight is 522 g/mol. The summed E-state index contributed by atoms with van der Waals surface area (Å²) in [5.74, 6) is -0.389. The van der Waals surface area contributed by atoms with Gasteiger partial charge in [0.25, 0.3) is 5.91 Å². The molecule has 0 spiro atoms. The van der Waals surface area contributed by atoms with Crippen LogP contribution in [0.25, 0.3) is 10.2 Å². The summed E-state index contributed by atoms with van der Waals surface area (Å²) in [6.45, 7) is 9.50. The molecule has 10 nitrogen and oxygen atoms in total. The first kappa shape index (κ1) is 24.9. The number of nitrogens with zero attached hydrogens (tertiary/aromatic N) is 2. The summed E-state index contributed by atoms with van der Waals surface area (Å²) < 4.78 is 5.78. The summed E-state index contributed by atoms with van der Waals surface area (Å²) in [5, 5.41) is 19.6. The monoisotopic (exact) mass is 521 g/mol. The highest BCUT2D eigenvalue weighted by Gasteiger charge is 2.49. The molecule has 192 valence electrons. The van der Waals surface area contributed by atoms with Gasteiger partial charge in [0, 0.05) is 19.3 Å². The average Bonchev–Trinajstić information content (AvgIpc) is 3.41. The smallest absolute Gasteiger partial charge is 0.331 e. The summed E-state index contributed by atoms with van der Waals surface area (Å²) in [4.78, 5) is 46.2. The maximum atomic E-state index is 13.5. The molecule has 2 aliphatic rings. The molecule has 0 saturated carbocycles. The standard InChI is InChI=1S/C26H27N5O5S/c1-5-18(32)26(12-27-11-19(26)33)30-23(34)22-21-20-17(8-9-28-24(20)37-22)31(25(35)29-21)16-7-6-15(10-14(16)4)36-13(2)3/h5-10,13,19,27,33H,1,11-12H2,2-4H3,(H,29,35)(H,30,34)/t19-,26-/m1/s1. The lowest BCUT2D eigenvalue weighted by atomic mass is 9.90. The van der Waals surface area contributed by atoms with Gasteiger partial charge in [0.1, 0.15) is 21.0 Å². The number of urea groups is 1. The van der Waals surface area contributed by atoms with Crippen LogP contribution in [0.15, 0.2) is 43.1 Å². The minimum atomic E-state index is -1.54. The third-order valence-electron chi connectivity index (χ3n) is 6.51. The van der Waals surface area contributed by atoms with Crippen LogP contribution in [0.3, 0.4) is 0 Å². The number of anilines is 3. The second-order valence-electron chi connectivity index (χ2n) is 9.34. The largest absolute Gasteiger partial charge is 0.491 e. The predicted molar refractivity (Wildman–Crippen MR) is 142 cm³/mol. The van der Waals surface area contributed by atoms with Crippen LogP contribution < -0.4 is 25.6 Å². The second kappa shape index (κ2) is 9.25. The van der Waals surface area contributed by atoms with Crippen LogP contribution in [0.2, 0.25) is 0 Å². The van der Waals surface area contributed by atoms with Gasteiger partial charge in [0.05, 0.1) is 34.7 Å². The van der Waals surface area contributed by atoms with Crippen LogP contribution in [0.4, 0.5) is 21.9 Å². The first-order chi connectivity index (χ1) is 17.7. The van der Waals surface area contributed by atoms with Crippen molar-refractivity contribution in [3.8, 4) is 5.75 Å². The van der Waals surface area contributed by atoms with E-state index >= 15 is 0 Å². The Kier molecular flexibility index (Phi) is 6.22. The van der Waals surface area contributed by atoms with Crippen LogP contribution in [-0.2, 0) is 4.79 Å². The van der Waals surface area contributed by atoms with Crippen molar-refractivity contribution >= 4 is 56.3 Å². The zero-order valence-electron chi connectivity index (χ0n) is 20.6. The molecule has 11 heteroatoms. The summed E-state index contributed by atoms with van der Waals surface area (Å²) in [7, 11) is 0. The van der Waals surface area contributed by atoms with Gasteiger partial charge in [-0.3, -0.25) is 14.5 Å². The van der Waals surface area contributed by atoms with Crippen molar-refractivity contribution in [1.29, 1.82) is 0 Å². The molecule has 1 saturated heterocycles. The van der Waals surface area contributed by atoms with E-state index in [2.05, 4.69) is 27.5 Å². The normalized spacial score (nSPS) is 20.7. The molecule has 0 aliphatic carbocycles. The van der Waals surface area contributed by atoms with Crippen molar-refractivity contribution in [3.05, 3.63) is 53.6 Å². The van der Waals surface area contributed by atoms with Gasteiger partial charge < -0.3 is 25.8 Å². The number of carbonyl (C=O) groups excluding carboxylic acids is 3. The lowest BCUT2D eigenvalue weighted by Gasteiger charge is -2.31. The van der Waals surface area contributed by atoms with Crippen LogP contribution in [0.1, 0.15) is 29.1 Å². The number of β-amino-alcohol motifs (C(OH)–C–C–N with tert-alkyl or cyclic N) is 1. The minimum absolute atomic E-state index is 0.0170. The third kappa shape index (κ3) is 4.05. The summed E-state index contributed by atoms with van der Waals surface area (Å²) in [6.07, 6.45) is 1.56. The van der Waals surface area contributed by atoms with E-state index in [0.717, 1.165) is 23.0 Å². The van der Waals surface area contributed by atoms with Gasteiger partial charge in [-0.1, -0.05) is 6.58 Å². The van der Waals surface area contributed by atoms with Gasteiger partial charge in [-0.05, 0) is 56.7 Å². The molecule has 3 aromatic rings. The highest BCUT2D eigenvalue weighted by atomic mass is 32.1. The Morgan fingerprint density at radius 2 is 2.14 bits per heavy atom. The number of rotatable bonds is 7. The lowest BCUT2D eigenvalue weighted by Crippen LogP contribution is -2.61. The number of ketones is 1. The number of hydrogen-bond donors (Lipinski definition) is 4. The Hall–Kier alpha value is -3.80. The molecular formula is C26H27N5O5S. The Bertz CT molecular complexity index is 1450. The van der Waals surface area contributed by atoms with Gasteiger partial charge in [0.15, 0.2) is 5.78 Å². The van der Waals surface area contributed by atoms with Gasteiger partial charge in [-0.25, -0.2) is 9.78 Å². The molecule has 1 aromatic carbocycles. The molecule has 1 fully saturated rings. The van der Waals surface area contributed by atoms with Crippen molar-refractivity contribution in [2.45, 2.75) is 38.5 Å². The molecule has 2 atom stereocenters. The Labute approximate surface area is 217 Å². The fourth-order valence-electron chi connectivity index (χ4n) is 4.79. The zero-order valence-corrected chi connectivity index (χ0v) is 21.4. The SMILES string of the molecule is C=CC(=O)[C@]1(NC(=O)c2sc3nccc4c3c2NC(=O)N4c2ccc(OC(C)C)cc2C)CNC[C@H]1O. The fraction of sp³-hybridized carbons (Fsp3) is 0.308. The predicted octanol–water partition coefficient (Wildman–Crippen LogP) is 3.26.